The van der Waals surface area contributed by atoms with E-state index in [0.29, 0.717) is 53.7 Å². The molecule has 2 aromatic heterocycles. The molecule has 55 heavy (non-hydrogen) atoms. The number of nitrogens with one attached hydrogen (secondary N) is 2. The summed E-state index contributed by atoms with van der Waals surface area (Å²) in [5.74, 6) is -0.896. The molecule has 2 aromatic carbocycles. The molecule has 2 N–H and O–H groups in total. The molecule has 2 saturated heterocycles. The van der Waals surface area contributed by atoms with Gasteiger partial charge in [0.15, 0.2) is 0 Å². The Labute approximate surface area is 320 Å². The molecule has 1 saturated carbocycles. The normalized spacial score (nSPS) is 20.8. The van der Waals surface area contributed by atoms with Gasteiger partial charge in [-0.3, -0.25) is 29.2 Å². The van der Waals surface area contributed by atoms with E-state index in [2.05, 4.69) is 38.4 Å². The Balaban J connectivity index is 0.852. The monoisotopic (exact) mass is 751 g/mol. The molecule has 1 aliphatic carbocycles. The zero-order chi connectivity index (χ0) is 38.6. The number of carbonyl (C=O) groups excluding carboxylic acids is 4. The minimum atomic E-state index is -0.773. The number of nitrogens with zero attached hydrogens (tertiary/aromatic N) is 5. The first-order valence-corrected chi connectivity index (χ1v) is 19.5. The molecule has 3 fully saturated rings. The molecule has 2 aliphatic heterocycles. The SMILES string of the molecule is COc1cc2nn(C3CCC(CN(C)CCC4CCN(C(=O)c5ccc(F)c(C6CCC(=O)NC6=O)c5)CC4)CC3)cc2cc1NC(=O)c1cccc(C)n1. The summed E-state index contributed by atoms with van der Waals surface area (Å²) in [6.45, 7) is 5.22. The largest absolute Gasteiger partial charge is 0.494 e. The van der Waals surface area contributed by atoms with Crippen molar-refractivity contribution in [1.29, 1.82) is 0 Å². The molecule has 290 valence electrons. The van der Waals surface area contributed by atoms with Gasteiger partial charge in [0.1, 0.15) is 17.3 Å². The smallest absolute Gasteiger partial charge is 0.274 e. The number of methoxy groups -OCH3 is 1. The van der Waals surface area contributed by atoms with E-state index in [9.17, 15) is 23.6 Å². The van der Waals surface area contributed by atoms with Crippen LogP contribution < -0.4 is 15.4 Å². The summed E-state index contributed by atoms with van der Waals surface area (Å²) < 4.78 is 22.4. The van der Waals surface area contributed by atoms with Crippen LogP contribution in [0.25, 0.3) is 10.9 Å². The summed E-state index contributed by atoms with van der Waals surface area (Å²) >= 11 is 0. The van der Waals surface area contributed by atoms with Crippen LogP contribution in [-0.2, 0) is 9.59 Å². The number of amides is 4. The van der Waals surface area contributed by atoms with E-state index in [1.807, 2.05) is 36.1 Å². The summed E-state index contributed by atoms with van der Waals surface area (Å²) in [5, 5.41) is 11.1. The van der Waals surface area contributed by atoms with E-state index in [4.69, 9.17) is 9.84 Å². The Morgan fingerprint density at radius 2 is 1.78 bits per heavy atom. The minimum absolute atomic E-state index is 0.146. The number of fused-ring (bicyclic) bond motifs is 1. The van der Waals surface area contributed by atoms with Crippen molar-refractivity contribution in [3.63, 3.8) is 0 Å². The number of aryl methyl sites for hydroxylation is 1. The molecule has 4 amide bonds. The fraction of sp³-hybridized carbons (Fsp3) is 0.476. The van der Waals surface area contributed by atoms with Gasteiger partial charge < -0.3 is 19.9 Å². The summed E-state index contributed by atoms with van der Waals surface area (Å²) in [4.78, 5) is 58.8. The number of benzene rings is 2. The van der Waals surface area contributed by atoms with Crippen molar-refractivity contribution in [3.8, 4) is 5.75 Å². The molecule has 3 aliphatic rings. The summed E-state index contributed by atoms with van der Waals surface area (Å²) in [7, 11) is 3.79. The third kappa shape index (κ3) is 8.88. The molecule has 0 bridgehead atoms. The van der Waals surface area contributed by atoms with Crippen LogP contribution in [0.5, 0.6) is 5.75 Å². The van der Waals surface area contributed by atoms with Crippen LogP contribution in [0.15, 0.2) is 54.7 Å². The predicted octanol–water partition coefficient (Wildman–Crippen LogP) is 6.27. The third-order valence-electron chi connectivity index (χ3n) is 11.7. The fourth-order valence-electron chi connectivity index (χ4n) is 8.45. The predicted molar refractivity (Wildman–Crippen MR) is 206 cm³/mol. The molecule has 4 heterocycles. The van der Waals surface area contributed by atoms with Gasteiger partial charge in [-0.25, -0.2) is 9.37 Å². The van der Waals surface area contributed by atoms with Crippen molar-refractivity contribution in [2.45, 2.75) is 76.7 Å². The number of piperidine rings is 2. The lowest BCUT2D eigenvalue weighted by Gasteiger charge is -2.34. The number of halogens is 1. The Morgan fingerprint density at radius 1 is 1.00 bits per heavy atom. The Hall–Kier alpha value is -5.17. The van der Waals surface area contributed by atoms with Crippen molar-refractivity contribution in [3.05, 3.63) is 83.1 Å². The van der Waals surface area contributed by atoms with Crippen molar-refractivity contribution in [2.24, 2.45) is 11.8 Å². The highest BCUT2D eigenvalue weighted by molar-refractivity contribution is 6.05. The van der Waals surface area contributed by atoms with Gasteiger partial charge in [-0.1, -0.05) is 6.07 Å². The van der Waals surface area contributed by atoms with E-state index in [1.54, 1.807) is 13.2 Å². The van der Waals surface area contributed by atoms with Gasteiger partial charge in [-0.15, -0.1) is 0 Å². The number of pyridine rings is 1. The number of rotatable bonds is 11. The van der Waals surface area contributed by atoms with Gasteiger partial charge in [0.2, 0.25) is 11.8 Å². The zero-order valence-electron chi connectivity index (χ0n) is 31.9. The third-order valence-corrected chi connectivity index (χ3v) is 11.7. The molecule has 13 heteroatoms. The molecule has 1 atom stereocenters. The Kier molecular flexibility index (Phi) is 11.6. The molecule has 1 unspecified atom stereocenters. The highest BCUT2D eigenvalue weighted by Gasteiger charge is 2.32. The summed E-state index contributed by atoms with van der Waals surface area (Å²) in [5.41, 5.74) is 3.09. The summed E-state index contributed by atoms with van der Waals surface area (Å²) in [6, 6.07) is 13.7. The van der Waals surface area contributed by atoms with Crippen molar-refractivity contribution in [1.82, 2.24) is 29.9 Å². The molecule has 7 rings (SSSR count). The first kappa shape index (κ1) is 38.1. The number of imide groups is 1. The van der Waals surface area contributed by atoms with Crippen LogP contribution in [0.4, 0.5) is 10.1 Å². The number of ether oxygens (including phenoxy) is 1. The Bertz CT molecular complexity index is 2070. The van der Waals surface area contributed by atoms with Crippen LogP contribution >= 0.6 is 0 Å². The van der Waals surface area contributed by atoms with Crippen molar-refractivity contribution >= 4 is 40.2 Å². The maximum atomic E-state index is 14.7. The molecule has 0 spiro atoms. The average Bonchev–Trinajstić information content (AvgIpc) is 3.60. The van der Waals surface area contributed by atoms with Gasteiger partial charge in [-0.05, 0) is 120 Å². The Morgan fingerprint density at radius 3 is 2.51 bits per heavy atom. The highest BCUT2D eigenvalue weighted by Crippen LogP contribution is 2.36. The molecule has 0 radical (unpaired) electrons. The van der Waals surface area contributed by atoms with Crippen LogP contribution in [0.2, 0.25) is 0 Å². The quantitative estimate of drug-likeness (QED) is 0.171. The second kappa shape index (κ2) is 16.7. The van der Waals surface area contributed by atoms with Crippen LogP contribution in [0.3, 0.4) is 0 Å². The maximum absolute atomic E-state index is 14.7. The first-order valence-electron chi connectivity index (χ1n) is 19.5. The van der Waals surface area contributed by atoms with Crippen LogP contribution in [-0.4, -0.2) is 88.5 Å². The van der Waals surface area contributed by atoms with Gasteiger partial charge in [0.25, 0.3) is 11.8 Å². The maximum Gasteiger partial charge on any atom is 0.274 e. The average molecular weight is 752 g/mol. The lowest BCUT2D eigenvalue weighted by Crippen LogP contribution is -2.40. The van der Waals surface area contributed by atoms with Gasteiger partial charge in [0, 0.05) is 60.5 Å². The van der Waals surface area contributed by atoms with Gasteiger partial charge >= 0.3 is 0 Å². The standard InChI is InChI=1S/C42H50FN7O5/c1-26-5-4-6-35(44-26)41(53)45-37-22-30-25-50(47-36(30)23-38(37)55-3)31-10-7-28(8-11-31)24-48(2)18-15-27-16-19-49(20-17-27)42(54)29-9-13-34(43)33(21-29)32-12-14-39(51)46-40(32)52/h4-6,9,13,21-23,25,27-28,31-32H,7-8,10-12,14-20,24H2,1-3H3,(H,45,53)(H,46,51,52). The van der Waals surface area contributed by atoms with E-state index in [-0.39, 0.29) is 36.1 Å². The minimum Gasteiger partial charge on any atom is -0.494 e. The van der Waals surface area contributed by atoms with Crippen LogP contribution in [0.1, 0.15) is 102 Å². The number of hydrogen-bond acceptors (Lipinski definition) is 8. The second-order valence-corrected chi connectivity index (χ2v) is 15.5. The lowest BCUT2D eigenvalue weighted by atomic mass is 9.85. The zero-order valence-corrected chi connectivity index (χ0v) is 31.9. The molecular formula is C42H50FN7O5. The van der Waals surface area contributed by atoms with Gasteiger partial charge in [-0.2, -0.15) is 5.10 Å². The van der Waals surface area contributed by atoms with E-state index >= 15 is 0 Å². The van der Waals surface area contributed by atoms with E-state index in [0.717, 1.165) is 74.6 Å². The summed E-state index contributed by atoms with van der Waals surface area (Å²) in [6.07, 6.45) is 9.77. The first-order chi connectivity index (χ1) is 26.5. The number of aromatic nitrogens is 3. The van der Waals surface area contributed by atoms with E-state index < -0.39 is 17.6 Å². The molecular weight excluding hydrogens is 702 g/mol. The molecule has 4 aromatic rings. The van der Waals surface area contributed by atoms with Crippen LogP contribution in [0, 0.1) is 24.6 Å². The number of likely N-dealkylation sites (tertiary alicyclic amines) is 1. The number of carbonyl (C=O) groups is 4. The van der Waals surface area contributed by atoms with Crippen molar-refractivity contribution < 1.29 is 28.3 Å². The number of anilines is 1. The molecule has 12 nitrogen and oxygen atoms in total. The number of hydrogen-bond donors (Lipinski definition) is 2. The van der Waals surface area contributed by atoms with E-state index in [1.165, 1.54) is 18.2 Å². The second-order valence-electron chi connectivity index (χ2n) is 15.5. The fourth-order valence-corrected chi connectivity index (χ4v) is 8.45. The van der Waals surface area contributed by atoms with Gasteiger partial charge in [0.05, 0.1) is 30.3 Å². The topological polar surface area (TPSA) is 139 Å². The highest BCUT2D eigenvalue weighted by atomic mass is 19.1. The lowest BCUT2D eigenvalue weighted by molar-refractivity contribution is -0.134. The van der Waals surface area contributed by atoms with Crippen molar-refractivity contribution in [2.75, 3.05) is 45.7 Å².